The molecule has 3 N–H and O–H groups in total. The molecule has 28 heavy (non-hydrogen) atoms. The van der Waals surface area contributed by atoms with Crippen molar-refractivity contribution in [3.63, 3.8) is 0 Å². The fraction of sp³-hybridized carbons (Fsp3) is 0.545. The molecule has 6 heteroatoms. The molecule has 0 spiro atoms. The first-order valence-corrected chi connectivity index (χ1v) is 10.3. The van der Waals surface area contributed by atoms with Gasteiger partial charge in [-0.25, -0.2) is 0 Å². The van der Waals surface area contributed by atoms with E-state index in [9.17, 15) is 4.79 Å². The summed E-state index contributed by atoms with van der Waals surface area (Å²) in [6.45, 7) is 6.99. The molecule has 0 unspecified atom stereocenters. The van der Waals surface area contributed by atoms with Gasteiger partial charge in [-0.1, -0.05) is 0 Å². The molecule has 1 atom stereocenters. The highest BCUT2D eigenvalue weighted by Gasteiger charge is 2.26. The van der Waals surface area contributed by atoms with Gasteiger partial charge in [-0.15, -0.1) is 0 Å². The first-order valence-electron chi connectivity index (χ1n) is 10.3. The number of amides is 1. The Morgan fingerprint density at radius 2 is 1.93 bits per heavy atom. The van der Waals surface area contributed by atoms with E-state index in [2.05, 4.69) is 27.6 Å². The lowest BCUT2D eigenvalue weighted by Crippen LogP contribution is -3.13. The minimum atomic E-state index is 0.106. The Hall–Kier alpha value is -2.34. The average molecular weight is 386 g/mol. The number of carbonyl (C=O) groups excluding carboxylic acids is 1. The molecular formula is C22H33N4O2+. The minimum absolute atomic E-state index is 0.106. The zero-order valence-electron chi connectivity index (χ0n) is 17.3. The molecule has 1 saturated heterocycles. The van der Waals surface area contributed by atoms with E-state index in [0.717, 1.165) is 29.1 Å². The Morgan fingerprint density at radius 3 is 2.54 bits per heavy atom. The maximum atomic E-state index is 12.5. The highest BCUT2D eigenvalue weighted by atomic mass is 16.5. The van der Waals surface area contributed by atoms with Crippen molar-refractivity contribution in [3.8, 4) is 5.75 Å². The molecule has 1 fully saturated rings. The lowest BCUT2D eigenvalue weighted by Gasteiger charge is -2.32. The molecule has 2 heterocycles. The molecule has 1 aliphatic rings. The van der Waals surface area contributed by atoms with Crippen LogP contribution in [0, 0.1) is 13.8 Å². The van der Waals surface area contributed by atoms with E-state index in [4.69, 9.17) is 4.74 Å². The first-order chi connectivity index (χ1) is 13.6. The molecule has 1 aromatic carbocycles. The highest BCUT2D eigenvalue weighted by molar-refractivity contribution is 5.76. The fourth-order valence-corrected chi connectivity index (χ4v) is 4.17. The van der Waals surface area contributed by atoms with Gasteiger partial charge in [-0.05, 0) is 69.4 Å². The Labute approximate surface area is 167 Å². The quantitative estimate of drug-likeness (QED) is 0.650. The topological polar surface area (TPSA) is 71.4 Å². The molecule has 1 aliphatic heterocycles. The molecule has 0 saturated carbocycles. The van der Waals surface area contributed by atoms with Crippen molar-refractivity contribution in [2.75, 3.05) is 26.7 Å². The summed E-state index contributed by atoms with van der Waals surface area (Å²) >= 11 is 0. The van der Waals surface area contributed by atoms with Crippen molar-refractivity contribution in [1.29, 1.82) is 0 Å². The number of nitrogens with zero attached hydrogens (tertiary/aromatic N) is 1. The number of benzene rings is 1. The number of rotatable bonds is 8. The van der Waals surface area contributed by atoms with E-state index >= 15 is 0 Å². The summed E-state index contributed by atoms with van der Waals surface area (Å²) in [5, 5.41) is 10.4. The third-order valence-electron chi connectivity index (χ3n) is 5.89. The molecule has 1 amide bonds. The minimum Gasteiger partial charge on any atom is -0.497 e. The first kappa shape index (κ1) is 20.4. The van der Waals surface area contributed by atoms with Crippen molar-refractivity contribution in [1.82, 2.24) is 15.5 Å². The maximum absolute atomic E-state index is 12.5. The number of carbonyl (C=O) groups is 1. The number of ether oxygens (including phenoxy) is 1. The van der Waals surface area contributed by atoms with E-state index in [1.54, 1.807) is 12.0 Å². The summed E-state index contributed by atoms with van der Waals surface area (Å²) in [7, 11) is 1.69. The predicted octanol–water partition coefficient (Wildman–Crippen LogP) is 1.89. The van der Waals surface area contributed by atoms with Gasteiger partial charge in [0.25, 0.3) is 0 Å². The van der Waals surface area contributed by atoms with Crippen molar-refractivity contribution in [2.24, 2.45) is 0 Å². The van der Waals surface area contributed by atoms with Gasteiger partial charge in [0.2, 0.25) is 5.91 Å². The number of nitrogens with one attached hydrogen (secondary N) is 3. The SMILES string of the molecule is COc1ccc([C@H](CNC(=O)CCc2c(C)n[nH]c2C)[NH+]2CCCCC2)cc1. The Kier molecular flexibility index (Phi) is 7.09. The van der Waals surface area contributed by atoms with Crippen LogP contribution in [0.4, 0.5) is 0 Å². The Balaban J connectivity index is 1.61. The largest absolute Gasteiger partial charge is 0.497 e. The standard InChI is InChI=1S/C22H32N4O2/c1-16-20(17(2)25-24-16)11-12-22(27)23-15-21(26-13-5-4-6-14-26)18-7-9-19(28-3)10-8-18/h7-10,21H,4-6,11-15H2,1-3H3,(H,23,27)(H,24,25)/p+1/t21-/m0/s1. The second-order valence-corrected chi connectivity index (χ2v) is 7.76. The maximum Gasteiger partial charge on any atom is 0.220 e. The molecule has 6 nitrogen and oxygen atoms in total. The number of hydrogen-bond donors (Lipinski definition) is 3. The normalized spacial score (nSPS) is 16.0. The van der Waals surface area contributed by atoms with Gasteiger partial charge >= 0.3 is 0 Å². The smallest absolute Gasteiger partial charge is 0.220 e. The van der Waals surface area contributed by atoms with Gasteiger partial charge in [0.15, 0.2) is 0 Å². The van der Waals surface area contributed by atoms with Crippen LogP contribution in [0.15, 0.2) is 24.3 Å². The van der Waals surface area contributed by atoms with Gasteiger partial charge in [0.1, 0.15) is 11.8 Å². The number of H-pyrrole nitrogens is 1. The number of aromatic amines is 1. The van der Waals surface area contributed by atoms with E-state index < -0.39 is 0 Å². The van der Waals surface area contributed by atoms with Crippen molar-refractivity contribution >= 4 is 5.91 Å². The van der Waals surface area contributed by atoms with Crippen LogP contribution in [0.2, 0.25) is 0 Å². The zero-order chi connectivity index (χ0) is 19.9. The molecular weight excluding hydrogens is 352 g/mol. The fourth-order valence-electron chi connectivity index (χ4n) is 4.17. The van der Waals surface area contributed by atoms with Crippen LogP contribution in [0.25, 0.3) is 0 Å². The van der Waals surface area contributed by atoms with E-state index in [0.29, 0.717) is 13.0 Å². The van der Waals surface area contributed by atoms with Crippen LogP contribution >= 0.6 is 0 Å². The van der Waals surface area contributed by atoms with Crippen LogP contribution in [0.1, 0.15) is 54.2 Å². The monoisotopic (exact) mass is 385 g/mol. The van der Waals surface area contributed by atoms with Gasteiger partial charge in [-0.3, -0.25) is 9.89 Å². The molecule has 3 rings (SSSR count). The van der Waals surface area contributed by atoms with Gasteiger partial charge in [-0.2, -0.15) is 5.10 Å². The zero-order valence-corrected chi connectivity index (χ0v) is 17.3. The van der Waals surface area contributed by atoms with Crippen molar-refractivity contribution in [2.45, 2.75) is 52.0 Å². The summed E-state index contributed by atoms with van der Waals surface area (Å²) in [4.78, 5) is 14.1. The van der Waals surface area contributed by atoms with E-state index in [1.165, 1.54) is 37.9 Å². The van der Waals surface area contributed by atoms with Gasteiger partial charge < -0.3 is 15.0 Å². The number of likely N-dealkylation sites (tertiary alicyclic amines) is 1. The molecule has 0 radical (unpaired) electrons. The van der Waals surface area contributed by atoms with Gasteiger partial charge in [0.05, 0.1) is 32.4 Å². The van der Waals surface area contributed by atoms with Gasteiger partial charge in [0, 0.05) is 17.7 Å². The third-order valence-corrected chi connectivity index (χ3v) is 5.89. The lowest BCUT2D eigenvalue weighted by atomic mass is 10.0. The van der Waals surface area contributed by atoms with Crippen LogP contribution < -0.4 is 15.0 Å². The van der Waals surface area contributed by atoms with E-state index in [-0.39, 0.29) is 11.9 Å². The van der Waals surface area contributed by atoms with Crippen LogP contribution in [-0.4, -0.2) is 42.8 Å². The second kappa shape index (κ2) is 9.73. The van der Waals surface area contributed by atoms with Crippen LogP contribution in [-0.2, 0) is 11.2 Å². The number of aromatic nitrogens is 2. The Morgan fingerprint density at radius 1 is 1.21 bits per heavy atom. The number of aryl methyl sites for hydroxylation is 2. The average Bonchev–Trinajstić information content (AvgIpc) is 3.05. The molecule has 152 valence electrons. The highest BCUT2D eigenvalue weighted by Crippen LogP contribution is 2.17. The van der Waals surface area contributed by atoms with Crippen LogP contribution in [0.5, 0.6) is 5.75 Å². The lowest BCUT2D eigenvalue weighted by molar-refractivity contribution is -0.935. The predicted molar refractivity (Wildman–Crippen MR) is 110 cm³/mol. The van der Waals surface area contributed by atoms with E-state index in [1.807, 2.05) is 26.0 Å². The number of piperidine rings is 1. The number of quaternary nitrogens is 1. The number of methoxy groups -OCH3 is 1. The van der Waals surface area contributed by atoms with Crippen LogP contribution in [0.3, 0.4) is 0 Å². The Bertz CT molecular complexity index is 744. The van der Waals surface area contributed by atoms with Crippen molar-refractivity contribution < 1.29 is 14.4 Å². The summed E-state index contributed by atoms with van der Waals surface area (Å²) in [6, 6.07) is 8.58. The molecule has 1 aromatic heterocycles. The summed E-state index contributed by atoms with van der Waals surface area (Å²) < 4.78 is 5.29. The summed E-state index contributed by atoms with van der Waals surface area (Å²) in [5.41, 5.74) is 4.46. The molecule has 0 aliphatic carbocycles. The molecule has 0 bridgehead atoms. The number of hydrogen-bond acceptors (Lipinski definition) is 3. The third kappa shape index (κ3) is 5.13. The second-order valence-electron chi connectivity index (χ2n) is 7.76. The summed E-state index contributed by atoms with van der Waals surface area (Å²) in [6.07, 6.45) is 5.05. The van der Waals surface area contributed by atoms with Crippen molar-refractivity contribution in [3.05, 3.63) is 46.8 Å². The summed E-state index contributed by atoms with van der Waals surface area (Å²) in [5.74, 6) is 0.973. The molecule has 2 aromatic rings.